The van der Waals surface area contributed by atoms with Crippen LogP contribution < -0.4 is 5.32 Å². The van der Waals surface area contributed by atoms with Crippen molar-refractivity contribution >= 4 is 21.9 Å². The number of rotatable bonds is 5. The molecular formula is C15H21BrN2O3. The molecule has 4 heterocycles. The SMILES string of the molecule is CCOC(=O)c1cc(Br)oc1CNC1CN2CCC1CC2. The molecule has 4 rings (SSSR count). The van der Waals surface area contributed by atoms with Crippen molar-refractivity contribution < 1.29 is 13.9 Å². The van der Waals surface area contributed by atoms with E-state index >= 15 is 0 Å². The molecule has 1 aromatic heterocycles. The number of ether oxygens (including phenoxy) is 1. The molecule has 0 aromatic carbocycles. The van der Waals surface area contributed by atoms with Crippen molar-refractivity contribution in [2.45, 2.75) is 32.4 Å². The van der Waals surface area contributed by atoms with Gasteiger partial charge in [-0.2, -0.15) is 0 Å². The van der Waals surface area contributed by atoms with E-state index in [1.807, 2.05) is 0 Å². The molecule has 0 spiro atoms. The minimum atomic E-state index is -0.322. The molecular weight excluding hydrogens is 336 g/mol. The van der Waals surface area contributed by atoms with Crippen LogP contribution in [-0.2, 0) is 11.3 Å². The number of hydrogen-bond acceptors (Lipinski definition) is 5. The molecule has 3 fully saturated rings. The number of carbonyl (C=O) groups excluding carboxylic acids is 1. The van der Waals surface area contributed by atoms with Gasteiger partial charge in [0.2, 0.25) is 0 Å². The Hall–Kier alpha value is -0.850. The van der Waals surface area contributed by atoms with E-state index in [9.17, 15) is 4.79 Å². The summed E-state index contributed by atoms with van der Waals surface area (Å²) in [5.74, 6) is 1.08. The Balaban J connectivity index is 1.64. The second-order valence-electron chi connectivity index (χ2n) is 5.73. The first-order valence-corrected chi connectivity index (χ1v) is 8.37. The van der Waals surface area contributed by atoms with E-state index in [0.29, 0.717) is 35.2 Å². The van der Waals surface area contributed by atoms with E-state index in [0.717, 1.165) is 12.5 Å². The van der Waals surface area contributed by atoms with Gasteiger partial charge in [-0.1, -0.05) is 0 Å². The fraction of sp³-hybridized carbons (Fsp3) is 0.667. The highest BCUT2D eigenvalue weighted by molar-refractivity contribution is 9.10. The lowest BCUT2D eigenvalue weighted by molar-refractivity contribution is 0.0521. The molecule has 0 aliphatic carbocycles. The lowest BCUT2D eigenvalue weighted by Crippen LogP contribution is -2.55. The molecule has 21 heavy (non-hydrogen) atoms. The maximum atomic E-state index is 11.9. The topological polar surface area (TPSA) is 54.7 Å². The number of nitrogens with zero attached hydrogens (tertiary/aromatic N) is 1. The van der Waals surface area contributed by atoms with Crippen LogP contribution in [0.15, 0.2) is 15.2 Å². The predicted molar refractivity (Wildman–Crippen MR) is 82.2 cm³/mol. The number of furan rings is 1. The maximum Gasteiger partial charge on any atom is 0.341 e. The zero-order valence-corrected chi connectivity index (χ0v) is 13.8. The van der Waals surface area contributed by atoms with E-state index in [1.165, 1.54) is 25.9 Å². The van der Waals surface area contributed by atoms with E-state index < -0.39 is 0 Å². The third kappa shape index (κ3) is 3.33. The van der Waals surface area contributed by atoms with Gasteiger partial charge in [0, 0.05) is 18.7 Å². The molecule has 2 bridgehead atoms. The molecule has 3 aliphatic rings. The Morgan fingerprint density at radius 2 is 2.29 bits per heavy atom. The standard InChI is InChI=1S/C15H21BrN2O3/c1-2-20-15(19)11-7-14(16)21-13(11)8-17-12-9-18-5-3-10(12)4-6-18/h7,10,12,17H,2-6,8-9H2,1H3. The lowest BCUT2D eigenvalue weighted by Gasteiger charge is -2.45. The summed E-state index contributed by atoms with van der Waals surface area (Å²) in [6.07, 6.45) is 2.54. The van der Waals surface area contributed by atoms with Crippen LogP contribution in [0.4, 0.5) is 0 Å². The molecule has 1 aromatic rings. The zero-order valence-electron chi connectivity index (χ0n) is 12.2. The largest absolute Gasteiger partial charge is 0.462 e. The molecule has 5 nitrogen and oxygen atoms in total. The third-order valence-electron chi connectivity index (χ3n) is 4.46. The Kier molecular flexibility index (Phi) is 4.66. The normalized spacial score (nSPS) is 27.8. The van der Waals surface area contributed by atoms with Gasteiger partial charge in [0.05, 0.1) is 13.2 Å². The molecule has 6 heteroatoms. The number of nitrogens with one attached hydrogen (secondary N) is 1. The van der Waals surface area contributed by atoms with Gasteiger partial charge >= 0.3 is 5.97 Å². The van der Waals surface area contributed by atoms with Crippen LogP contribution in [0.3, 0.4) is 0 Å². The minimum absolute atomic E-state index is 0.322. The summed E-state index contributed by atoms with van der Waals surface area (Å²) in [6.45, 7) is 6.29. The fourth-order valence-electron chi connectivity index (χ4n) is 3.33. The Morgan fingerprint density at radius 3 is 2.90 bits per heavy atom. The van der Waals surface area contributed by atoms with Crippen LogP contribution in [0.25, 0.3) is 0 Å². The summed E-state index contributed by atoms with van der Waals surface area (Å²) in [4.78, 5) is 14.4. The summed E-state index contributed by atoms with van der Waals surface area (Å²) >= 11 is 3.29. The third-order valence-corrected chi connectivity index (χ3v) is 4.85. The average molecular weight is 357 g/mol. The Bertz CT molecular complexity index is 509. The number of hydrogen-bond donors (Lipinski definition) is 1. The quantitative estimate of drug-likeness (QED) is 0.821. The molecule has 1 N–H and O–H groups in total. The first kappa shape index (κ1) is 15.1. The molecule has 0 radical (unpaired) electrons. The van der Waals surface area contributed by atoms with Crippen molar-refractivity contribution in [3.63, 3.8) is 0 Å². The van der Waals surface area contributed by atoms with Crippen LogP contribution in [0.5, 0.6) is 0 Å². The number of fused-ring (bicyclic) bond motifs is 3. The van der Waals surface area contributed by atoms with Crippen LogP contribution in [-0.4, -0.2) is 43.2 Å². The summed E-state index contributed by atoms with van der Waals surface area (Å²) in [7, 11) is 0. The zero-order chi connectivity index (χ0) is 14.8. The van der Waals surface area contributed by atoms with Gasteiger partial charge in [-0.05, 0) is 54.7 Å². The highest BCUT2D eigenvalue weighted by Gasteiger charge is 2.34. The summed E-state index contributed by atoms with van der Waals surface area (Å²) in [5, 5.41) is 3.56. The van der Waals surface area contributed by atoms with Crippen molar-refractivity contribution in [1.29, 1.82) is 0 Å². The molecule has 3 saturated heterocycles. The van der Waals surface area contributed by atoms with Gasteiger partial charge in [0.15, 0.2) is 4.67 Å². The fourth-order valence-corrected chi connectivity index (χ4v) is 3.75. The van der Waals surface area contributed by atoms with Crippen molar-refractivity contribution in [1.82, 2.24) is 10.2 Å². The van der Waals surface area contributed by atoms with Crippen LogP contribution in [0.2, 0.25) is 0 Å². The van der Waals surface area contributed by atoms with Gasteiger partial charge < -0.3 is 19.4 Å². The van der Waals surface area contributed by atoms with Crippen LogP contribution >= 0.6 is 15.9 Å². The highest BCUT2D eigenvalue weighted by Crippen LogP contribution is 2.28. The summed E-state index contributed by atoms with van der Waals surface area (Å²) < 4.78 is 11.2. The summed E-state index contributed by atoms with van der Waals surface area (Å²) in [6, 6.07) is 2.18. The van der Waals surface area contributed by atoms with Crippen molar-refractivity contribution in [3.05, 3.63) is 22.1 Å². The number of piperidine rings is 3. The van der Waals surface area contributed by atoms with Gasteiger partial charge in [-0.25, -0.2) is 4.79 Å². The van der Waals surface area contributed by atoms with Crippen molar-refractivity contribution in [3.8, 4) is 0 Å². The predicted octanol–water partition coefficient (Wildman–Crippen LogP) is 2.40. The lowest BCUT2D eigenvalue weighted by atomic mass is 9.84. The first-order chi connectivity index (χ1) is 10.2. The molecule has 0 saturated carbocycles. The van der Waals surface area contributed by atoms with E-state index in [-0.39, 0.29) is 5.97 Å². The van der Waals surface area contributed by atoms with Gasteiger partial charge in [-0.3, -0.25) is 0 Å². The number of carbonyl (C=O) groups is 1. The Morgan fingerprint density at radius 1 is 1.52 bits per heavy atom. The molecule has 1 atom stereocenters. The van der Waals surface area contributed by atoms with Crippen molar-refractivity contribution in [2.24, 2.45) is 5.92 Å². The molecule has 0 amide bonds. The van der Waals surface area contributed by atoms with Gasteiger partial charge in [0.1, 0.15) is 11.3 Å². The smallest absolute Gasteiger partial charge is 0.341 e. The van der Waals surface area contributed by atoms with Crippen molar-refractivity contribution in [2.75, 3.05) is 26.2 Å². The maximum absolute atomic E-state index is 11.9. The van der Waals surface area contributed by atoms with Gasteiger partial charge in [-0.15, -0.1) is 0 Å². The average Bonchev–Trinajstić information content (AvgIpc) is 2.88. The Labute approximate surface area is 133 Å². The molecule has 116 valence electrons. The monoisotopic (exact) mass is 356 g/mol. The second-order valence-corrected chi connectivity index (χ2v) is 6.51. The van der Waals surface area contributed by atoms with E-state index in [1.54, 1.807) is 13.0 Å². The highest BCUT2D eigenvalue weighted by atomic mass is 79.9. The number of halogens is 1. The van der Waals surface area contributed by atoms with Crippen LogP contribution in [0, 0.1) is 5.92 Å². The minimum Gasteiger partial charge on any atom is -0.462 e. The van der Waals surface area contributed by atoms with Crippen LogP contribution in [0.1, 0.15) is 35.9 Å². The first-order valence-electron chi connectivity index (χ1n) is 7.58. The van der Waals surface area contributed by atoms with E-state index in [4.69, 9.17) is 9.15 Å². The van der Waals surface area contributed by atoms with Gasteiger partial charge in [0.25, 0.3) is 0 Å². The molecule has 1 unspecified atom stereocenters. The second kappa shape index (κ2) is 6.50. The summed E-state index contributed by atoms with van der Waals surface area (Å²) in [5.41, 5.74) is 0.512. The van der Waals surface area contributed by atoms with E-state index in [2.05, 4.69) is 26.1 Å². The number of esters is 1. The molecule has 3 aliphatic heterocycles.